The predicted octanol–water partition coefficient (Wildman–Crippen LogP) is 0.828. The van der Waals surface area contributed by atoms with Gasteiger partial charge in [-0.1, -0.05) is 0 Å². The Bertz CT molecular complexity index is 295. The van der Waals surface area contributed by atoms with Crippen molar-refractivity contribution >= 4 is 5.69 Å². The standard InChI is InChI=1S/C9H12F2N2O/c10-7-3-6(5-12)4-8(11)9(7)13-1-2-14/h3-4,13-14H,1-2,5,12H2. The summed E-state index contributed by atoms with van der Waals surface area (Å²) in [6, 6.07) is 2.34. The van der Waals surface area contributed by atoms with Crippen LogP contribution in [0.4, 0.5) is 14.5 Å². The van der Waals surface area contributed by atoms with Crippen molar-refractivity contribution in [1.82, 2.24) is 0 Å². The molecule has 0 saturated heterocycles. The van der Waals surface area contributed by atoms with Crippen molar-refractivity contribution in [2.45, 2.75) is 6.54 Å². The van der Waals surface area contributed by atoms with Gasteiger partial charge in [-0.2, -0.15) is 0 Å². The molecule has 0 radical (unpaired) electrons. The van der Waals surface area contributed by atoms with Gasteiger partial charge in [-0.25, -0.2) is 8.78 Å². The summed E-state index contributed by atoms with van der Waals surface area (Å²) in [6.07, 6.45) is 0. The first-order valence-electron chi connectivity index (χ1n) is 4.21. The number of hydrogen-bond acceptors (Lipinski definition) is 3. The molecule has 1 aromatic rings. The van der Waals surface area contributed by atoms with Crippen LogP contribution in [0.15, 0.2) is 12.1 Å². The second-order valence-corrected chi connectivity index (χ2v) is 2.79. The molecular formula is C9H12F2N2O. The first kappa shape index (κ1) is 10.9. The lowest BCUT2D eigenvalue weighted by molar-refractivity contribution is 0.310. The number of rotatable bonds is 4. The molecule has 4 N–H and O–H groups in total. The molecule has 1 aromatic carbocycles. The van der Waals surface area contributed by atoms with Crippen LogP contribution >= 0.6 is 0 Å². The van der Waals surface area contributed by atoms with Crippen LogP contribution in [-0.4, -0.2) is 18.3 Å². The number of nitrogens with one attached hydrogen (secondary N) is 1. The van der Waals surface area contributed by atoms with Crippen molar-refractivity contribution in [1.29, 1.82) is 0 Å². The largest absolute Gasteiger partial charge is 0.395 e. The van der Waals surface area contributed by atoms with E-state index in [0.29, 0.717) is 5.56 Å². The van der Waals surface area contributed by atoms with Crippen molar-refractivity contribution in [2.75, 3.05) is 18.5 Å². The van der Waals surface area contributed by atoms with Gasteiger partial charge < -0.3 is 16.2 Å². The van der Waals surface area contributed by atoms with E-state index in [4.69, 9.17) is 10.8 Å². The highest BCUT2D eigenvalue weighted by Crippen LogP contribution is 2.20. The Morgan fingerprint density at radius 3 is 2.29 bits per heavy atom. The van der Waals surface area contributed by atoms with Crippen molar-refractivity contribution in [3.05, 3.63) is 29.3 Å². The molecule has 0 spiro atoms. The molecule has 0 atom stereocenters. The molecular weight excluding hydrogens is 190 g/mol. The van der Waals surface area contributed by atoms with Crippen molar-refractivity contribution in [3.8, 4) is 0 Å². The summed E-state index contributed by atoms with van der Waals surface area (Å²) in [5, 5.41) is 10.9. The van der Waals surface area contributed by atoms with E-state index in [1.54, 1.807) is 0 Å². The van der Waals surface area contributed by atoms with E-state index in [2.05, 4.69) is 5.32 Å². The number of anilines is 1. The van der Waals surface area contributed by atoms with E-state index in [1.807, 2.05) is 0 Å². The first-order chi connectivity index (χ1) is 6.69. The molecule has 0 amide bonds. The van der Waals surface area contributed by atoms with Crippen LogP contribution in [0.1, 0.15) is 5.56 Å². The molecule has 1 rings (SSSR count). The highest BCUT2D eigenvalue weighted by Gasteiger charge is 2.09. The Labute approximate surface area is 80.5 Å². The molecule has 0 saturated carbocycles. The van der Waals surface area contributed by atoms with Crippen LogP contribution in [0.3, 0.4) is 0 Å². The molecule has 0 unspecified atom stereocenters. The van der Waals surface area contributed by atoms with Crippen molar-refractivity contribution in [2.24, 2.45) is 5.73 Å². The Morgan fingerprint density at radius 2 is 1.86 bits per heavy atom. The van der Waals surface area contributed by atoms with Crippen LogP contribution in [0.5, 0.6) is 0 Å². The lowest BCUT2D eigenvalue weighted by atomic mass is 10.2. The van der Waals surface area contributed by atoms with E-state index in [9.17, 15) is 8.78 Å². The zero-order valence-electron chi connectivity index (χ0n) is 7.56. The molecule has 14 heavy (non-hydrogen) atoms. The maximum atomic E-state index is 13.2. The van der Waals surface area contributed by atoms with Gasteiger partial charge in [0, 0.05) is 13.1 Å². The fourth-order valence-electron chi connectivity index (χ4n) is 1.09. The minimum absolute atomic E-state index is 0.0914. The zero-order valence-corrected chi connectivity index (χ0v) is 7.56. The maximum absolute atomic E-state index is 13.2. The van der Waals surface area contributed by atoms with E-state index in [-0.39, 0.29) is 25.4 Å². The lowest BCUT2D eigenvalue weighted by Crippen LogP contribution is -2.10. The van der Waals surface area contributed by atoms with E-state index in [0.717, 1.165) is 0 Å². The number of halogens is 2. The number of aliphatic hydroxyl groups excluding tert-OH is 1. The molecule has 0 fully saturated rings. The summed E-state index contributed by atoms with van der Waals surface area (Å²) < 4.78 is 26.4. The topological polar surface area (TPSA) is 58.3 Å². The van der Waals surface area contributed by atoms with Crippen LogP contribution < -0.4 is 11.1 Å². The fourth-order valence-corrected chi connectivity index (χ4v) is 1.09. The van der Waals surface area contributed by atoms with Crippen LogP contribution in [0.25, 0.3) is 0 Å². The SMILES string of the molecule is NCc1cc(F)c(NCCO)c(F)c1. The van der Waals surface area contributed by atoms with E-state index < -0.39 is 11.6 Å². The number of nitrogens with two attached hydrogens (primary N) is 1. The average Bonchev–Trinajstić information content (AvgIpc) is 2.16. The van der Waals surface area contributed by atoms with Crippen LogP contribution in [0.2, 0.25) is 0 Å². The molecule has 0 aliphatic carbocycles. The third-order valence-electron chi connectivity index (χ3n) is 1.75. The maximum Gasteiger partial charge on any atom is 0.149 e. The van der Waals surface area contributed by atoms with Gasteiger partial charge in [0.15, 0.2) is 0 Å². The highest BCUT2D eigenvalue weighted by molar-refractivity contribution is 5.47. The molecule has 0 bridgehead atoms. The number of hydrogen-bond donors (Lipinski definition) is 3. The molecule has 0 aromatic heterocycles. The third kappa shape index (κ3) is 2.40. The van der Waals surface area contributed by atoms with Crippen LogP contribution in [-0.2, 0) is 6.54 Å². The summed E-state index contributed by atoms with van der Waals surface area (Å²) in [6.45, 7) is 0.0153. The summed E-state index contributed by atoms with van der Waals surface area (Å²) in [5.74, 6) is -1.39. The molecule has 5 heteroatoms. The van der Waals surface area contributed by atoms with Gasteiger partial charge in [0.05, 0.1) is 6.61 Å². The van der Waals surface area contributed by atoms with Gasteiger partial charge in [0.1, 0.15) is 17.3 Å². The van der Waals surface area contributed by atoms with Crippen molar-refractivity contribution in [3.63, 3.8) is 0 Å². The minimum atomic E-state index is -0.695. The zero-order chi connectivity index (χ0) is 10.6. The normalized spacial score (nSPS) is 10.3. The summed E-state index contributed by atoms with van der Waals surface area (Å²) in [7, 11) is 0. The summed E-state index contributed by atoms with van der Waals surface area (Å²) in [5.41, 5.74) is 5.42. The van der Waals surface area contributed by atoms with Gasteiger partial charge >= 0.3 is 0 Å². The molecule has 0 aliphatic heterocycles. The average molecular weight is 202 g/mol. The Morgan fingerprint density at radius 1 is 1.29 bits per heavy atom. The summed E-state index contributed by atoms with van der Waals surface area (Å²) >= 11 is 0. The predicted molar refractivity (Wildman–Crippen MR) is 49.8 cm³/mol. The molecule has 3 nitrogen and oxygen atoms in total. The Kier molecular flexibility index (Phi) is 3.79. The Balaban J connectivity index is 2.93. The highest BCUT2D eigenvalue weighted by atomic mass is 19.1. The quantitative estimate of drug-likeness (QED) is 0.677. The monoisotopic (exact) mass is 202 g/mol. The molecule has 78 valence electrons. The number of aliphatic hydroxyl groups is 1. The van der Waals surface area contributed by atoms with Gasteiger partial charge in [-0.05, 0) is 17.7 Å². The van der Waals surface area contributed by atoms with Gasteiger partial charge in [0.2, 0.25) is 0 Å². The second-order valence-electron chi connectivity index (χ2n) is 2.79. The minimum Gasteiger partial charge on any atom is -0.395 e. The number of benzene rings is 1. The molecule has 0 heterocycles. The van der Waals surface area contributed by atoms with Gasteiger partial charge in [0.25, 0.3) is 0 Å². The Hall–Kier alpha value is -1.20. The van der Waals surface area contributed by atoms with Crippen molar-refractivity contribution < 1.29 is 13.9 Å². The molecule has 0 aliphatic rings. The van der Waals surface area contributed by atoms with E-state index >= 15 is 0 Å². The summed E-state index contributed by atoms with van der Waals surface area (Å²) in [4.78, 5) is 0. The third-order valence-corrected chi connectivity index (χ3v) is 1.75. The fraction of sp³-hybridized carbons (Fsp3) is 0.333. The van der Waals surface area contributed by atoms with Gasteiger partial charge in [-0.15, -0.1) is 0 Å². The lowest BCUT2D eigenvalue weighted by Gasteiger charge is -2.08. The van der Waals surface area contributed by atoms with Crippen LogP contribution in [0, 0.1) is 11.6 Å². The first-order valence-corrected chi connectivity index (χ1v) is 4.21. The second kappa shape index (κ2) is 4.88. The van der Waals surface area contributed by atoms with E-state index in [1.165, 1.54) is 12.1 Å². The smallest absolute Gasteiger partial charge is 0.149 e. The van der Waals surface area contributed by atoms with Gasteiger partial charge in [-0.3, -0.25) is 0 Å².